The van der Waals surface area contributed by atoms with Gasteiger partial charge in [0.15, 0.2) is 5.82 Å². The molecule has 100 valence electrons. The van der Waals surface area contributed by atoms with Gasteiger partial charge >= 0.3 is 0 Å². The van der Waals surface area contributed by atoms with Crippen molar-refractivity contribution in [1.29, 1.82) is 0 Å². The molecule has 0 radical (unpaired) electrons. The lowest BCUT2D eigenvalue weighted by molar-refractivity contribution is 0.407. The molecule has 2 N–H and O–H groups in total. The van der Waals surface area contributed by atoms with Crippen LogP contribution in [0.2, 0.25) is 0 Å². The van der Waals surface area contributed by atoms with Gasteiger partial charge in [-0.05, 0) is 18.8 Å². The smallest absolute Gasteiger partial charge is 0.263 e. The quantitative estimate of drug-likeness (QED) is 0.930. The highest BCUT2D eigenvalue weighted by Crippen LogP contribution is 2.39. The van der Waals surface area contributed by atoms with Crippen LogP contribution < -0.4 is 5.73 Å². The van der Waals surface area contributed by atoms with E-state index in [1.165, 1.54) is 0 Å². The molecule has 1 heterocycles. The summed E-state index contributed by atoms with van der Waals surface area (Å²) in [4.78, 5) is 3.89. The predicted molar refractivity (Wildman–Crippen MR) is 59.3 cm³/mol. The third-order valence-corrected chi connectivity index (χ3v) is 3.09. The van der Waals surface area contributed by atoms with E-state index in [2.05, 4.69) is 10.1 Å². The Morgan fingerprint density at radius 1 is 1.21 bits per heavy atom. The fourth-order valence-corrected chi connectivity index (χ4v) is 1.88. The fraction of sp³-hybridized carbons (Fsp3) is 0.333. The van der Waals surface area contributed by atoms with E-state index in [1.807, 2.05) is 0 Å². The molecular formula is C12H10F3N3O. The molecule has 1 fully saturated rings. The molecule has 0 saturated heterocycles. The van der Waals surface area contributed by atoms with Gasteiger partial charge < -0.3 is 10.3 Å². The molecule has 0 bridgehead atoms. The number of hydrogen-bond donors (Lipinski definition) is 1. The van der Waals surface area contributed by atoms with E-state index in [9.17, 15) is 13.2 Å². The second-order valence-electron chi connectivity index (χ2n) is 4.57. The molecule has 19 heavy (non-hydrogen) atoms. The van der Waals surface area contributed by atoms with Crippen LogP contribution in [0, 0.1) is 23.4 Å². The molecule has 0 aliphatic heterocycles. The highest BCUT2D eigenvalue weighted by molar-refractivity contribution is 5.54. The Morgan fingerprint density at radius 2 is 1.84 bits per heavy atom. The van der Waals surface area contributed by atoms with Gasteiger partial charge in [-0.3, -0.25) is 0 Å². The summed E-state index contributed by atoms with van der Waals surface area (Å²) < 4.78 is 44.7. The standard InChI is InChI=1S/C12H10F3N3O/c13-6-3-7(14)9(8(15)4-6)12-17-11(18-19-12)10(16)5-1-2-5/h3-5,10H,1-2,16H2. The molecule has 0 spiro atoms. The van der Waals surface area contributed by atoms with Gasteiger partial charge in [0.05, 0.1) is 6.04 Å². The number of halogens is 3. The van der Waals surface area contributed by atoms with Crippen LogP contribution in [0.25, 0.3) is 11.5 Å². The van der Waals surface area contributed by atoms with Crippen molar-refractivity contribution in [2.75, 3.05) is 0 Å². The Labute approximate surface area is 106 Å². The summed E-state index contributed by atoms with van der Waals surface area (Å²) in [7, 11) is 0. The first-order valence-electron chi connectivity index (χ1n) is 5.80. The zero-order chi connectivity index (χ0) is 13.6. The molecule has 4 nitrogen and oxygen atoms in total. The molecule has 1 atom stereocenters. The maximum atomic E-state index is 13.5. The Hall–Kier alpha value is -1.89. The van der Waals surface area contributed by atoms with Gasteiger partial charge in [0, 0.05) is 12.1 Å². The second-order valence-corrected chi connectivity index (χ2v) is 4.57. The average Bonchev–Trinajstić information content (AvgIpc) is 3.07. The van der Waals surface area contributed by atoms with Gasteiger partial charge in [0.1, 0.15) is 23.0 Å². The van der Waals surface area contributed by atoms with Gasteiger partial charge in [-0.1, -0.05) is 5.16 Å². The molecule has 1 saturated carbocycles. The third kappa shape index (κ3) is 2.21. The number of nitrogens with two attached hydrogens (primary N) is 1. The molecule has 3 rings (SSSR count). The van der Waals surface area contributed by atoms with Crippen LogP contribution in [0.4, 0.5) is 13.2 Å². The molecule has 1 unspecified atom stereocenters. The van der Waals surface area contributed by atoms with Gasteiger partial charge in [-0.25, -0.2) is 13.2 Å². The number of benzene rings is 1. The summed E-state index contributed by atoms with van der Waals surface area (Å²) >= 11 is 0. The zero-order valence-corrected chi connectivity index (χ0v) is 9.74. The minimum Gasteiger partial charge on any atom is -0.334 e. The minimum absolute atomic E-state index is 0.209. The Bertz CT molecular complexity index is 601. The third-order valence-electron chi connectivity index (χ3n) is 3.09. The van der Waals surface area contributed by atoms with Crippen LogP contribution >= 0.6 is 0 Å². The summed E-state index contributed by atoms with van der Waals surface area (Å²) in [5, 5.41) is 3.62. The van der Waals surface area contributed by atoms with Crippen LogP contribution in [0.1, 0.15) is 24.7 Å². The van der Waals surface area contributed by atoms with E-state index in [1.54, 1.807) is 0 Å². The van der Waals surface area contributed by atoms with E-state index >= 15 is 0 Å². The Kier molecular flexibility index (Phi) is 2.78. The van der Waals surface area contributed by atoms with E-state index in [0.29, 0.717) is 12.1 Å². The van der Waals surface area contributed by atoms with E-state index in [-0.39, 0.29) is 17.6 Å². The Morgan fingerprint density at radius 3 is 2.42 bits per heavy atom. The Balaban J connectivity index is 1.98. The number of hydrogen-bond acceptors (Lipinski definition) is 4. The maximum Gasteiger partial charge on any atom is 0.263 e. The summed E-state index contributed by atoms with van der Waals surface area (Å²) in [6.45, 7) is 0. The van der Waals surface area contributed by atoms with Crippen molar-refractivity contribution < 1.29 is 17.7 Å². The lowest BCUT2D eigenvalue weighted by Crippen LogP contribution is -2.13. The summed E-state index contributed by atoms with van der Waals surface area (Å²) in [6, 6.07) is 0.718. The molecule has 2 aromatic rings. The highest BCUT2D eigenvalue weighted by Gasteiger charge is 2.33. The predicted octanol–water partition coefficient (Wildman–Crippen LogP) is 2.56. The largest absolute Gasteiger partial charge is 0.334 e. The fourth-order valence-electron chi connectivity index (χ4n) is 1.88. The molecular weight excluding hydrogens is 259 g/mol. The van der Waals surface area contributed by atoms with Crippen molar-refractivity contribution in [1.82, 2.24) is 10.1 Å². The first-order valence-corrected chi connectivity index (χ1v) is 5.80. The zero-order valence-electron chi connectivity index (χ0n) is 9.74. The summed E-state index contributed by atoms with van der Waals surface area (Å²) in [5.41, 5.74) is 5.32. The summed E-state index contributed by atoms with van der Waals surface area (Å²) in [6.07, 6.45) is 1.95. The van der Waals surface area contributed by atoms with Crippen molar-refractivity contribution in [3.8, 4) is 11.5 Å². The second kappa shape index (κ2) is 4.34. The van der Waals surface area contributed by atoms with E-state index in [0.717, 1.165) is 12.8 Å². The molecule has 1 aromatic carbocycles. The lowest BCUT2D eigenvalue weighted by Gasteiger charge is -2.02. The average molecular weight is 269 g/mol. The van der Waals surface area contributed by atoms with Crippen LogP contribution in [0.3, 0.4) is 0 Å². The van der Waals surface area contributed by atoms with Crippen molar-refractivity contribution in [2.24, 2.45) is 11.7 Å². The van der Waals surface area contributed by atoms with Crippen LogP contribution in [-0.2, 0) is 0 Å². The SMILES string of the molecule is NC(c1noc(-c2c(F)cc(F)cc2F)n1)C1CC1. The van der Waals surface area contributed by atoms with Gasteiger partial charge in [-0.15, -0.1) is 0 Å². The minimum atomic E-state index is -1.09. The first kappa shape index (κ1) is 12.2. The highest BCUT2D eigenvalue weighted by atomic mass is 19.1. The van der Waals surface area contributed by atoms with Crippen LogP contribution in [-0.4, -0.2) is 10.1 Å². The number of rotatable bonds is 3. The van der Waals surface area contributed by atoms with Gasteiger partial charge in [0.25, 0.3) is 5.89 Å². The van der Waals surface area contributed by atoms with Gasteiger partial charge in [-0.2, -0.15) is 4.98 Å². The maximum absolute atomic E-state index is 13.5. The van der Waals surface area contributed by atoms with Crippen molar-refractivity contribution >= 4 is 0 Å². The first-order chi connectivity index (χ1) is 9.06. The van der Waals surface area contributed by atoms with E-state index in [4.69, 9.17) is 10.3 Å². The molecule has 1 aliphatic rings. The van der Waals surface area contributed by atoms with Crippen molar-refractivity contribution in [2.45, 2.75) is 18.9 Å². The van der Waals surface area contributed by atoms with Crippen LogP contribution in [0.5, 0.6) is 0 Å². The van der Waals surface area contributed by atoms with Crippen LogP contribution in [0.15, 0.2) is 16.7 Å². The number of aromatic nitrogens is 2. The normalized spacial score (nSPS) is 16.6. The number of nitrogens with zero attached hydrogens (tertiary/aromatic N) is 2. The van der Waals surface area contributed by atoms with Gasteiger partial charge in [0.2, 0.25) is 0 Å². The lowest BCUT2D eigenvalue weighted by atomic mass is 10.2. The topological polar surface area (TPSA) is 64.9 Å². The molecule has 1 aliphatic carbocycles. The molecule has 0 amide bonds. The molecule has 7 heteroatoms. The van der Waals surface area contributed by atoms with Crippen molar-refractivity contribution in [3.05, 3.63) is 35.4 Å². The van der Waals surface area contributed by atoms with Crippen molar-refractivity contribution in [3.63, 3.8) is 0 Å². The van der Waals surface area contributed by atoms with E-state index < -0.39 is 29.1 Å². The summed E-state index contributed by atoms with van der Waals surface area (Å²) in [5.74, 6) is -3.02. The monoisotopic (exact) mass is 269 g/mol. The molecule has 1 aromatic heterocycles.